The van der Waals surface area contributed by atoms with Gasteiger partial charge >= 0.3 is 0 Å². The van der Waals surface area contributed by atoms with Crippen LogP contribution in [0.5, 0.6) is 0 Å². The van der Waals surface area contributed by atoms with E-state index in [1.54, 1.807) is 6.26 Å². The highest BCUT2D eigenvalue weighted by atomic mass is 16.3. The zero-order chi connectivity index (χ0) is 15.4. The van der Waals surface area contributed by atoms with E-state index in [4.69, 9.17) is 10.2 Å². The number of hydrogen-bond acceptors (Lipinski definition) is 4. The lowest BCUT2D eigenvalue weighted by Gasteiger charge is -2.31. The summed E-state index contributed by atoms with van der Waals surface area (Å²) in [4.78, 5) is 16.7. The molecule has 3 N–H and O–H groups in total. The number of oxazole rings is 1. The fourth-order valence-corrected chi connectivity index (χ4v) is 2.86. The minimum absolute atomic E-state index is 0.0866. The molecule has 5 nitrogen and oxygen atoms in total. The molecule has 0 unspecified atom stereocenters. The van der Waals surface area contributed by atoms with Crippen LogP contribution in [0.3, 0.4) is 0 Å². The highest BCUT2D eigenvalue weighted by molar-refractivity contribution is 5.86. The molecule has 1 fully saturated rings. The minimum Gasteiger partial charge on any atom is -0.444 e. The molecule has 1 aromatic heterocycles. The molecule has 1 amide bonds. The lowest BCUT2D eigenvalue weighted by molar-refractivity contribution is -0.127. The lowest BCUT2D eigenvalue weighted by Crippen LogP contribution is -2.54. The largest absolute Gasteiger partial charge is 0.444 e. The number of aromatic nitrogens is 1. The molecule has 5 heteroatoms. The normalized spacial score (nSPS) is 17.1. The first-order valence-corrected chi connectivity index (χ1v) is 7.74. The molecule has 0 aliphatic heterocycles. The Bertz CT molecular complexity index is 630. The minimum atomic E-state index is -0.718. The van der Waals surface area contributed by atoms with Crippen molar-refractivity contribution < 1.29 is 9.21 Å². The topological polar surface area (TPSA) is 81.2 Å². The van der Waals surface area contributed by atoms with Crippen LogP contribution in [0.15, 0.2) is 41.0 Å². The van der Waals surface area contributed by atoms with Crippen LogP contribution < -0.4 is 11.1 Å². The average molecular weight is 299 g/mol. The highest BCUT2D eigenvalue weighted by Gasteiger charge is 2.35. The van der Waals surface area contributed by atoms with E-state index < -0.39 is 5.54 Å². The summed E-state index contributed by atoms with van der Waals surface area (Å²) in [6, 6.07) is 9.68. The molecule has 0 spiro atoms. The number of amides is 1. The number of carbonyl (C=O) groups excluding carboxylic acids is 1. The van der Waals surface area contributed by atoms with Gasteiger partial charge in [0.2, 0.25) is 11.8 Å². The first-order chi connectivity index (χ1) is 10.7. The maximum atomic E-state index is 12.3. The molecule has 1 aliphatic rings. The Kier molecular flexibility index (Phi) is 4.24. The molecule has 1 heterocycles. The molecule has 3 rings (SSSR count). The van der Waals surface area contributed by atoms with Crippen molar-refractivity contribution in [3.05, 3.63) is 42.3 Å². The smallest absolute Gasteiger partial charge is 0.240 e. The van der Waals surface area contributed by atoms with Crippen molar-refractivity contribution in [1.82, 2.24) is 10.3 Å². The maximum absolute atomic E-state index is 12.3. The monoisotopic (exact) mass is 299 g/mol. The number of nitrogens with one attached hydrogen (secondary N) is 1. The van der Waals surface area contributed by atoms with E-state index in [9.17, 15) is 4.79 Å². The van der Waals surface area contributed by atoms with Gasteiger partial charge in [-0.2, -0.15) is 0 Å². The number of rotatable bonds is 4. The molecule has 1 aromatic carbocycles. The number of nitrogens with zero attached hydrogens (tertiary/aromatic N) is 1. The van der Waals surface area contributed by atoms with Gasteiger partial charge in [0, 0.05) is 5.56 Å². The van der Waals surface area contributed by atoms with Gasteiger partial charge in [0.1, 0.15) is 6.26 Å². The predicted octanol–water partition coefficient (Wildman–Crippen LogP) is 2.62. The molecule has 0 saturated heterocycles. The van der Waals surface area contributed by atoms with Crippen LogP contribution in [-0.2, 0) is 11.3 Å². The third-order valence-corrected chi connectivity index (χ3v) is 4.20. The van der Waals surface area contributed by atoms with Gasteiger partial charge < -0.3 is 15.5 Å². The Morgan fingerprint density at radius 3 is 2.68 bits per heavy atom. The van der Waals surface area contributed by atoms with E-state index >= 15 is 0 Å². The lowest BCUT2D eigenvalue weighted by atomic mass is 9.82. The van der Waals surface area contributed by atoms with Crippen LogP contribution in [0.2, 0.25) is 0 Å². The number of carbonyl (C=O) groups is 1. The van der Waals surface area contributed by atoms with Crippen molar-refractivity contribution in [2.24, 2.45) is 5.73 Å². The average Bonchev–Trinajstić information content (AvgIpc) is 3.03. The highest BCUT2D eigenvalue weighted by Crippen LogP contribution is 2.26. The maximum Gasteiger partial charge on any atom is 0.240 e. The standard InChI is InChI=1S/C17H21N3O2/c18-17(9-5-2-6-10-17)16(21)19-11-14-12-22-15(20-14)13-7-3-1-4-8-13/h1,3-4,7-8,12H,2,5-6,9-11,18H2,(H,19,21). The summed E-state index contributed by atoms with van der Waals surface area (Å²) in [6.45, 7) is 0.341. The Labute approximate surface area is 129 Å². The van der Waals surface area contributed by atoms with Gasteiger partial charge in [-0.3, -0.25) is 4.79 Å². The molecular formula is C17H21N3O2. The van der Waals surface area contributed by atoms with Gasteiger partial charge in [-0.05, 0) is 25.0 Å². The summed E-state index contributed by atoms with van der Waals surface area (Å²) in [6.07, 6.45) is 6.29. The Morgan fingerprint density at radius 2 is 1.95 bits per heavy atom. The molecule has 1 saturated carbocycles. The number of hydrogen-bond donors (Lipinski definition) is 2. The van der Waals surface area contributed by atoms with E-state index in [0.717, 1.165) is 37.7 Å². The van der Waals surface area contributed by atoms with E-state index in [1.165, 1.54) is 0 Å². The summed E-state index contributed by atoms with van der Waals surface area (Å²) < 4.78 is 5.46. The summed E-state index contributed by atoms with van der Waals surface area (Å²) in [5.74, 6) is 0.474. The van der Waals surface area contributed by atoms with Crippen LogP contribution in [0, 0.1) is 0 Å². The third-order valence-electron chi connectivity index (χ3n) is 4.20. The van der Waals surface area contributed by atoms with Crippen LogP contribution in [-0.4, -0.2) is 16.4 Å². The first-order valence-electron chi connectivity index (χ1n) is 7.74. The van der Waals surface area contributed by atoms with Gasteiger partial charge in [-0.1, -0.05) is 37.5 Å². The molecule has 116 valence electrons. The summed E-state index contributed by atoms with van der Waals surface area (Å²) in [5.41, 5.74) is 7.11. The Hall–Kier alpha value is -2.14. The van der Waals surface area contributed by atoms with Crippen molar-refractivity contribution in [1.29, 1.82) is 0 Å². The second-order valence-electron chi connectivity index (χ2n) is 5.91. The van der Waals surface area contributed by atoms with Gasteiger partial charge in [-0.25, -0.2) is 4.98 Å². The zero-order valence-electron chi connectivity index (χ0n) is 12.5. The summed E-state index contributed by atoms with van der Waals surface area (Å²) >= 11 is 0. The van der Waals surface area contributed by atoms with E-state index in [1.807, 2.05) is 30.3 Å². The number of benzene rings is 1. The van der Waals surface area contributed by atoms with E-state index in [2.05, 4.69) is 10.3 Å². The molecule has 1 aliphatic carbocycles. The summed E-state index contributed by atoms with van der Waals surface area (Å²) in [5, 5.41) is 2.89. The van der Waals surface area contributed by atoms with Crippen molar-refractivity contribution in [2.45, 2.75) is 44.2 Å². The van der Waals surface area contributed by atoms with Crippen LogP contribution in [0.4, 0.5) is 0 Å². The first kappa shape index (κ1) is 14.8. The van der Waals surface area contributed by atoms with Crippen LogP contribution in [0.1, 0.15) is 37.8 Å². The Balaban J connectivity index is 1.60. The fraction of sp³-hybridized carbons (Fsp3) is 0.412. The SMILES string of the molecule is NC1(C(=O)NCc2coc(-c3ccccc3)n2)CCCCC1. The molecule has 0 atom stereocenters. The van der Waals surface area contributed by atoms with E-state index in [0.29, 0.717) is 18.1 Å². The molecule has 0 radical (unpaired) electrons. The zero-order valence-corrected chi connectivity index (χ0v) is 12.5. The molecule has 0 bridgehead atoms. The summed E-state index contributed by atoms with van der Waals surface area (Å²) in [7, 11) is 0. The van der Waals surface area contributed by atoms with Gasteiger partial charge in [0.15, 0.2) is 0 Å². The molecular weight excluding hydrogens is 278 g/mol. The van der Waals surface area contributed by atoms with Crippen molar-refractivity contribution in [2.75, 3.05) is 0 Å². The van der Waals surface area contributed by atoms with Crippen molar-refractivity contribution in [3.8, 4) is 11.5 Å². The fourth-order valence-electron chi connectivity index (χ4n) is 2.86. The second-order valence-corrected chi connectivity index (χ2v) is 5.91. The third kappa shape index (κ3) is 3.20. The second kappa shape index (κ2) is 6.32. The van der Waals surface area contributed by atoms with Crippen LogP contribution >= 0.6 is 0 Å². The molecule has 22 heavy (non-hydrogen) atoms. The van der Waals surface area contributed by atoms with Gasteiger partial charge in [0.05, 0.1) is 17.8 Å². The van der Waals surface area contributed by atoms with Crippen molar-refractivity contribution in [3.63, 3.8) is 0 Å². The van der Waals surface area contributed by atoms with E-state index in [-0.39, 0.29) is 5.91 Å². The van der Waals surface area contributed by atoms with Crippen LogP contribution in [0.25, 0.3) is 11.5 Å². The quantitative estimate of drug-likeness (QED) is 0.909. The van der Waals surface area contributed by atoms with Crippen molar-refractivity contribution >= 4 is 5.91 Å². The molecule has 2 aromatic rings. The van der Waals surface area contributed by atoms with Gasteiger partial charge in [-0.15, -0.1) is 0 Å². The predicted molar refractivity (Wildman–Crippen MR) is 83.8 cm³/mol. The van der Waals surface area contributed by atoms with Gasteiger partial charge in [0.25, 0.3) is 0 Å². The Morgan fingerprint density at radius 1 is 1.23 bits per heavy atom. The number of nitrogens with two attached hydrogens (primary N) is 1.